The first-order chi connectivity index (χ1) is 13.0. The summed E-state index contributed by atoms with van der Waals surface area (Å²) in [6, 6.07) is 14.1. The number of carbonyl (C=O) groups excluding carboxylic acids is 2. The molecule has 0 heterocycles. The smallest absolute Gasteiger partial charge is 0.338 e. The van der Waals surface area contributed by atoms with Crippen LogP contribution in [0.15, 0.2) is 48.5 Å². The van der Waals surface area contributed by atoms with Crippen LogP contribution in [-0.2, 0) is 18.9 Å². The third-order valence-electron chi connectivity index (χ3n) is 3.80. The maximum atomic E-state index is 12.1. The van der Waals surface area contributed by atoms with Crippen molar-refractivity contribution in [3.05, 3.63) is 70.8 Å². The summed E-state index contributed by atoms with van der Waals surface area (Å²) in [6.45, 7) is 3.75. The minimum atomic E-state index is -0.631. The van der Waals surface area contributed by atoms with E-state index in [0.29, 0.717) is 11.1 Å². The van der Waals surface area contributed by atoms with Gasteiger partial charge in [-0.05, 0) is 38.1 Å². The molecule has 2 aromatic rings. The minimum Gasteiger partial charge on any atom is -0.459 e. The van der Waals surface area contributed by atoms with Gasteiger partial charge in [0, 0.05) is 7.11 Å². The Morgan fingerprint density at radius 1 is 0.778 bits per heavy atom. The fourth-order valence-electron chi connectivity index (χ4n) is 2.19. The highest BCUT2D eigenvalue weighted by Gasteiger charge is 2.17. The molecule has 0 aromatic heterocycles. The van der Waals surface area contributed by atoms with E-state index in [2.05, 4.69) is 0 Å². The quantitative estimate of drug-likeness (QED) is 0.497. The standard InChI is InChI=1S/C21H24O6/c1-15-4-8-17(9-5-15)20(22)25-12-19(27-14-24-3)13-26-21(23)18-10-6-16(2)7-11-18/h4-11,19H,12-14H2,1-3H3. The van der Waals surface area contributed by atoms with Gasteiger partial charge in [0.15, 0.2) is 0 Å². The summed E-state index contributed by atoms with van der Waals surface area (Å²) in [5.74, 6) is -0.934. The molecule has 0 saturated heterocycles. The summed E-state index contributed by atoms with van der Waals surface area (Å²) in [5, 5.41) is 0. The maximum absolute atomic E-state index is 12.1. The van der Waals surface area contributed by atoms with Crippen LogP contribution in [-0.4, -0.2) is 45.2 Å². The van der Waals surface area contributed by atoms with Gasteiger partial charge >= 0.3 is 11.9 Å². The molecule has 0 atom stereocenters. The summed E-state index contributed by atoms with van der Waals surface area (Å²) in [6.07, 6.45) is -0.631. The van der Waals surface area contributed by atoms with Gasteiger partial charge in [-0.15, -0.1) is 0 Å². The molecule has 0 radical (unpaired) electrons. The van der Waals surface area contributed by atoms with E-state index in [0.717, 1.165) is 11.1 Å². The van der Waals surface area contributed by atoms with Crippen molar-refractivity contribution in [1.82, 2.24) is 0 Å². The van der Waals surface area contributed by atoms with Crippen LogP contribution in [0, 0.1) is 13.8 Å². The van der Waals surface area contributed by atoms with Crippen LogP contribution in [0.5, 0.6) is 0 Å². The Morgan fingerprint density at radius 2 is 1.19 bits per heavy atom. The second kappa shape index (κ2) is 10.4. The first kappa shape index (κ1) is 20.6. The number of aryl methyl sites for hydroxylation is 2. The lowest BCUT2D eigenvalue weighted by Gasteiger charge is -2.17. The van der Waals surface area contributed by atoms with Crippen molar-refractivity contribution >= 4 is 11.9 Å². The molecule has 0 amide bonds. The second-order valence-corrected chi connectivity index (χ2v) is 6.12. The highest BCUT2D eigenvalue weighted by Crippen LogP contribution is 2.08. The van der Waals surface area contributed by atoms with Gasteiger partial charge in [0.1, 0.15) is 26.1 Å². The third-order valence-corrected chi connectivity index (χ3v) is 3.80. The summed E-state index contributed by atoms with van der Waals surface area (Å²) < 4.78 is 20.8. The van der Waals surface area contributed by atoms with Crippen molar-refractivity contribution in [3.8, 4) is 0 Å². The average Bonchev–Trinajstić information content (AvgIpc) is 2.68. The molecule has 2 rings (SSSR count). The number of esters is 2. The Morgan fingerprint density at radius 3 is 1.56 bits per heavy atom. The van der Waals surface area contributed by atoms with Gasteiger partial charge < -0.3 is 18.9 Å². The Kier molecular flexibility index (Phi) is 7.98. The molecule has 0 bridgehead atoms. The van der Waals surface area contributed by atoms with E-state index < -0.39 is 18.0 Å². The van der Waals surface area contributed by atoms with E-state index >= 15 is 0 Å². The molecular formula is C21H24O6. The summed E-state index contributed by atoms with van der Waals surface area (Å²) in [7, 11) is 1.48. The first-order valence-electron chi connectivity index (χ1n) is 8.57. The van der Waals surface area contributed by atoms with Crippen LogP contribution in [0.4, 0.5) is 0 Å². The Balaban J connectivity index is 1.88. The van der Waals surface area contributed by atoms with Gasteiger partial charge in [0.25, 0.3) is 0 Å². The molecule has 0 unspecified atom stereocenters. The van der Waals surface area contributed by atoms with Crippen molar-refractivity contribution in [2.45, 2.75) is 20.0 Å². The average molecular weight is 372 g/mol. The molecule has 0 aliphatic heterocycles. The van der Waals surface area contributed by atoms with Gasteiger partial charge in [-0.1, -0.05) is 35.4 Å². The van der Waals surface area contributed by atoms with Gasteiger partial charge in [0.2, 0.25) is 0 Å². The lowest BCUT2D eigenvalue weighted by Crippen LogP contribution is -2.29. The zero-order valence-electron chi connectivity index (χ0n) is 15.8. The molecule has 2 aromatic carbocycles. The largest absolute Gasteiger partial charge is 0.459 e. The lowest BCUT2D eigenvalue weighted by molar-refractivity contribution is -0.106. The summed E-state index contributed by atoms with van der Waals surface area (Å²) in [5.41, 5.74) is 3.00. The Bertz CT molecular complexity index is 675. The molecule has 144 valence electrons. The van der Waals surface area contributed by atoms with Gasteiger partial charge in [0.05, 0.1) is 11.1 Å². The highest BCUT2D eigenvalue weighted by molar-refractivity contribution is 5.90. The van der Waals surface area contributed by atoms with E-state index in [-0.39, 0.29) is 20.0 Å². The van der Waals surface area contributed by atoms with E-state index in [1.165, 1.54) is 7.11 Å². The summed E-state index contributed by atoms with van der Waals surface area (Å²) in [4.78, 5) is 24.2. The maximum Gasteiger partial charge on any atom is 0.338 e. The van der Waals surface area contributed by atoms with Crippen LogP contribution >= 0.6 is 0 Å². The number of ether oxygens (including phenoxy) is 4. The minimum absolute atomic E-state index is 0.00513. The molecule has 0 aliphatic rings. The van der Waals surface area contributed by atoms with Gasteiger partial charge in [-0.3, -0.25) is 0 Å². The number of hydrogen-bond donors (Lipinski definition) is 0. The molecular weight excluding hydrogens is 348 g/mol. The normalized spacial score (nSPS) is 10.7. The van der Waals surface area contributed by atoms with Crippen LogP contribution in [0.3, 0.4) is 0 Å². The van der Waals surface area contributed by atoms with Crippen LogP contribution < -0.4 is 0 Å². The molecule has 0 N–H and O–H groups in total. The fourth-order valence-corrected chi connectivity index (χ4v) is 2.19. The van der Waals surface area contributed by atoms with Gasteiger partial charge in [-0.2, -0.15) is 0 Å². The first-order valence-corrected chi connectivity index (χ1v) is 8.57. The topological polar surface area (TPSA) is 71.1 Å². The van der Waals surface area contributed by atoms with Crippen molar-refractivity contribution in [2.24, 2.45) is 0 Å². The number of carbonyl (C=O) groups is 2. The van der Waals surface area contributed by atoms with Crippen LogP contribution in [0.25, 0.3) is 0 Å². The predicted molar refractivity (Wildman–Crippen MR) is 99.7 cm³/mol. The Labute approximate surface area is 159 Å². The van der Waals surface area contributed by atoms with Crippen molar-refractivity contribution in [1.29, 1.82) is 0 Å². The second-order valence-electron chi connectivity index (χ2n) is 6.12. The summed E-state index contributed by atoms with van der Waals surface area (Å²) >= 11 is 0. The molecule has 0 saturated carbocycles. The molecule has 27 heavy (non-hydrogen) atoms. The number of methoxy groups -OCH3 is 1. The SMILES string of the molecule is COCOC(COC(=O)c1ccc(C)cc1)COC(=O)c1ccc(C)cc1. The number of hydrogen-bond acceptors (Lipinski definition) is 6. The zero-order chi connectivity index (χ0) is 19.6. The van der Waals surface area contributed by atoms with Crippen molar-refractivity contribution in [3.63, 3.8) is 0 Å². The van der Waals surface area contributed by atoms with Crippen molar-refractivity contribution in [2.75, 3.05) is 27.1 Å². The van der Waals surface area contributed by atoms with E-state index in [1.807, 2.05) is 38.1 Å². The van der Waals surface area contributed by atoms with E-state index in [1.54, 1.807) is 24.3 Å². The zero-order valence-corrected chi connectivity index (χ0v) is 15.8. The predicted octanol–water partition coefficient (Wildman–Crippen LogP) is 3.31. The molecule has 0 fully saturated rings. The number of rotatable bonds is 9. The van der Waals surface area contributed by atoms with E-state index in [9.17, 15) is 9.59 Å². The number of benzene rings is 2. The molecule has 6 heteroatoms. The molecule has 6 nitrogen and oxygen atoms in total. The highest BCUT2D eigenvalue weighted by atomic mass is 16.7. The van der Waals surface area contributed by atoms with Crippen molar-refractivity contribution < 1.29 is 28.5 Å². The van der Waals surface area contributed by atoms with Crippen LogP contribution in [0.2, 0.25) is 0 Å². The van der Waals surface area contributed by atoms with E-state index in [4.69, 9.17) is 18.9 Å². The Hall–Kier alpha value is -2.70. The fraction of sp³-hybridized carbons (Fsp3) is 0.333. The molecule has 0 spiro atoms. The molecule has 0 aliphatic carbocycles. The van der Waals surface area contributed by atoms with Gasteiger partial charge in [-0.25, -0.2) is 9.59 Å². The monoisotopic (exact) mass is 372 g/mol. The van der Waals surface area contributed by atoms with Crippen LogP contribution in [0.1, 0.15) is 31.8 Å². The lowest BCUT2D eigenvalue weighted by atomic mass is 10.1. The third kappa shape index (κ3) is 6.84.